The van der Waals surface area contributed by atoms with Gasteiger partial charge in [-0.25, -0.2) is 0 Å². The van der Waals surface area contributed by atoms with Crippen molar-refractivity contribution in [2.45, 2.75) is 38.2 Å². The SMILES string of the molecule is Cc1cc(NC(=O)[C@H](C)Sc2nnc(-c3ccc(C)c(C)c3)o2)no1. The van der Waals surface area contributed by atoms with Crippen molar-refractivity contribution in [3.63, 3.8) is 0 Å². The minimum atomic E-state index is -0.426. The van der Waals surface area contributed by atoms with Crippen molar-refractivity contribution in [1.82, 2.24) is 15.4 Å². The highest BCUT2D eigenvalue weighted by molar-refractivity contribution is 8.00. The third-order valence-corrected chi connectivity index (χ3v) is 4.62. The number of carbonyl (C=O) groups excluding carboxylic acids is 1. The molecule has 1 N–H and O–H groups in total. The Morgan fingerprint density at radius 3 is 2.64 bits per heavy atom. The smallest absolute Gasteiger partial charge is 0.277 e. The van der Waals surface area contributed by atoms with Crippen molar-refractivity contribution in [2.24, 2.45) is 0 Å². The number of amides is 1. The van der Waals surface area contributed by atoms with Gasteiger partial charge in [-0.1, -0.05) is 23.0 Å². The van der Waals surface area contributed by atoms with E-state index in [4.69, 9.17) is 8.94 Å². The standard InChI is InChI=1S/C17H18N4O3S/c1-9-5-6-13(7-10(9)2)16-19-20-17(23-16)25-12(4)15(22)18-14-8-11(3)24-21-14/h5-8,12H,1-4H3,(H,18,21,22)/t12-/m0/s1. The van der Waals surface area contributed by atoms with Gasteiger partial charge in [0.1, 0.15) is 5.76 Å². The zero-order valence-corrected chi connectivity index (χ0v) is 15.2. The van der Waals surface area contributed by atoms with Crippen LogP contribution in [0.4, 0.5) is 5.82 Å². The van der Waals surface area contributed by atoms with Crippen LogP contribution in [-0.2, 0) is 4.79 Å². The van der Waals surface area contributed by atoms with Crippen LogP contribution in [0, 0.1) is 20.8 Å². The van der Waals surface area contributed by atoms with Crippen LogP contribution in [0.3, 0.4) is 0 Å². The molecule has 3 rings (SSSR count). The summed E-state index contributed by atoms with van der Waals surface area (Å²) in [7, 11) is 0. The van der Waals surface area contributed by atoms with E-state index in [1.807, 2.05) is 32.0 Å². The van der Waals surface area contributed by atoms with E-state index in [0.29, 0.717) is 22.7 Å². The van der Waals surface area contributed by atoms with Crippen LogP contribution >= 0.6 is 11.8 Å². The highest BCUT2D eigenvalue weighted by Gasteiger charge is 2.20. The number of aromatic nitrogens is 3. The first kappa shape index (κ1) is 17.2. The number of anilines is 1. The molecular weight excluding hydrogens is 340 g/mol. The number of thioether (sulfide) groups is 1. The third kappa shape index (κ3) is 4.08. The van der Waals surface area contributed by atoms with Crippen LogP contribution in [0.2, 0.25) is 0 Å². The molecule has 0 bridgehead atoms. The van der Waals surface area contributed by atoms with E-state index >= 15 is 0 Å². The first-order chi connectivity index (χ1) is 11.9. The molecule has 3 aromatic rings. The molecule has 2 heterocycles. The van der Waals surface area contributed by atoms with Crippen LogP contribution in [0.15, 0.2) is 38.4 Å². The Bertz CT molecular complexity index is 903. The summed E-state index contributed by atoms with van der Waals surface area (Å²) in [4.78, 5) is 12.2. The highest BCUT2D eigenvalue weighted by Crippen LogP contribution is 2.27. The topological polar surface area (TPSA) is 94.1 Å². The third-order valence-electron chi connectivity index (χ3n) is 3.69. The number of nitrogens with zero attached hydrogens (tertiary/aromatic N) is 3. The maximum atomic E-state index is 12.2. The Hall–Kier alpha value is -2.61. The van der Waals surface area contributed by atoms with E-state index in [1.54, 1.807) is 19.9 Å². The molecule has 1 atom stereocenters. The van der Waals surface area contributed by atoms with Gasteiger partial charge in [0.2, 0.25) is 11.8 Å². The average molecular weight is 358 g/mol. The van der Waals surface area contributed by atoms with Crippen molar-refractivity contribution in [3.05, 3.63) is 41.2 Å². The summed E-state index contributed by atoms with van der Waals surface area (Å²) in [5.41, 5.74) is 3.21. The second-order valence-corrected chi connectivity index (χ2v) is 7.04. The Morgan fingerprint density at radius 2 is 1.96 bits per heavy atom. The molecule has 7 nitrogen and oxygen atoms in total. The second kappa shape index (κ2) is 7.10. The minimum absolute atomic E-state index is 0.218. The molecule has 1 aromatic carbocycles. The summed E-state index contributed by atoms with van der Waals surface area (Å²) in [6.45, 7) is 7.59. The fraction of sp³-hybridized carbons (Fsp3) is 0.294. The predicted molar refractivity (Wildman–Crippen MR) is 94.4 cm³/mol. The molecule has 0 saturated carbocycles. The Kier molecular flexibility index (Phi) is 4.89. The fourth-order valence-electron chi connectivity index (χ4n) is 2.11. The van der Waals surface area contributed by atoms with Crippen LogP contribution in [0.5, 0.6) is 0 Å². The number of aryl methyl sites for hydroxylation is 3. The predicted octanol–water partition coefficient (Wildman–Crippen LogP) is 3.77. The van der Waals surface area contributed by atoms with Crippen molar-refractivity contribution < 1.29 is 13.7 Å². The first-order valence-corrected chi connectivity index (χ1v) is 8.62. The van der Waals surface area contributed by atoms with Crippen LogP contribution < -0.4 is 5.32 Å². The van der Waals surface area contributed by atoms with E-state index < -0.39 is 5.25 Å². The Labute approximate surface area is 149 Å². The zero-order valence-electron chi connectivity index (χ0n) is 14.4. The van der Waals surface area contributed by atoms with Crippen molar-refractivity contribution >= 4 is 23.5 Å². The molecule has 130 valence electrons. The fourth-order valence-corrected chi connectivity index (χ4v) is 2.79. The van der Waals surface area contributed by atoms with Gasteiger partial charge in [0.05, 0.1) is 5.25 Å². The maximum absolute atomic E-state index is 12.2. The van der Waals surface area contributed by atoms with Gasteiger partial charge < -0.3 is 14.3 Å². The van der Waals surface area contributed by atoms with Crippen molar-refractivity contribution in [2.75, 3.05) is 5.32 Å². The minimum Gasteiger partial charge on any atom is -0.411 e. The molecule has 0 fully saturated rings. The number of hydrogen-bond acceptors (Lipinski definition) is 7. The molecule has 0 radical (unpaired) electrons. The zero-order chi connectivity index (χ0) is 18.0. The Balaban J connectivity index is 1.65. The lowest BCUT2D eigenvalue weighted by molar-refractivity contribution is -0.115. The number of carbonyl (C=O) groups is 1. The number of hydrogen-bond donors (Lipinski definition) is 1. The van der Waals surface area contributed by atoms with Gasteiger partial charge in [-0.05, 0) is 51.0 Å². The molecule has 0 aliphatic heterocycles. The largest absolute Gasteiger partial charge is 0.411 e. The molecule has 0 spiro atoms. The summed E-state index contributed by atoms with van der Waals surface area (Å²) in [6.07, 6.45) is 0. The normalized spacial score (nSPS) is 12.2. The number of rotatable bonds is 5. The van der Waals surface area contributed by atoms with Gasteiger partial charge in [-0.15, -0.1) is 10.2 Å². The number of benzene rings is 1. The molecule has 0 unspecified atom stereocenters. The molecule has 2 aromatic heterocycles. The van der Waals surface area contributed by atoms with E-state index in [0.717, 1.165) is 11.1 Å². The van der Waals surface area contributed by atoms with Gasteiger partial charge in [0, 0.05) is 11.6 Å². The average Bonchev–Trinajstić information content (AvgIpc) is 3.19. The van der Waals surface area contributed by atoms with Crippen molar-refractivity contribution in [3.8, 4) is 11.5 Å². The lowest BCUT2D eigenvalue weighted by Gasteiger charge is -2.07. The quantitative estimate of drug-likeness (QED) is 0.694. The Morgan fingerprint density at radius 1 is 1.16 bits per heavy atom. The van der Waals surface area contributed by atoms with Gasteiger partial charge in [0.25, 0.3) is 5.22 Å². The van der Waals surface area contributed by atoms with E-state index in [2.05, 4.69) is 20.7 Å². The summed E-state index contributed by atoms with van der Waals surface area (Å²) >= 11 is 1.19. The summed E-state index contributed by atoms with van der Waals surface area (Å²) in [6, 6.07) is 7.60. The van der Waals surface area contributed by atoms with E-state index in [1.165, 1.54) is 17.3 Å². The van der Waals surface area contributed by atoms with Crippen LogP contribution in [0.1, 0.15) is 23.8 Å². The molecule has 25 heavy (non-hydrogen) atoms. The van der Waals surface area contributed by atoms with Gasteiger partial charge in [-0.2, -0.15) is 0 Å². The number of nitrogens with one attached hydrogen (secondary N) is 1. The molecule has 0 saturated heterocycles. The van der Waals surface area contributed by atoms with Gasteiger partial charge >= 0.3 is 0 Å². The van der Waals surface area contributed by atoms with Crippen LogP contribution in [0.25, 0.3) is 11.5 Å². The first-order valence-electron chi connectivity index (χ1n) is 7.74. The lowest BCUT2D eigenvalue weighted by Crippen LogP contribution is -2.22. The van der Waals surface area contributed by atoms with E-state index in [-0.39, 0.29) is 5.91 Å². The molecule has 1 amide bonds. The lowest BCUT2D eigenvalue weighted by atomic mass is 10.1. The monoisotopic (exact) mass is 358 g/mol. The van der Waals surface area contributed by atoms with Gasteiger partial charge in [0.15, 0.2) is 5.82 Å². The van der Waals surface area contributed by atoms with Crippen molar-refractivity contribution in [1.29, 1.82) is 0 Å². The maximum Gasteiger partial charge on any atom is 0.277 e. The summed E-state index contributed by atoms with van der Waals surface area (Å²) < 4.78 is 10.6. The van der Waals surface area contributed by atoms with Gasteiger partial charge in [-0.3, -0.25) is 4.79 Å². The molecule has 8 heteroatoms. The summed E-state index contributed by atoms with van der Waals surface area (Å²) in [5.74, 6) is 1.23. The highest BCUT2D eigenvalue weighted by atomic mass is 32.2. The summed E-state index contributed by atoms with van der Waals surface area (Å²) in [5, 5.41) is 14.4. The second-order valence-electron chi connectivity index (χ2n) is 5.74. The molecule has 0 aliphatic rings. The molecular formula is C17H18N4O3S. The van der Waals surface area contributed by atoms with E-state index in [9.17, 15) is 4.79 Å². The molecule has 0 aliphatic carbocycles. The van der Waals surface area contributed by atoms with Crippen LogP contribution in [-0.4, -0.2) is 26.5 Å².